The standard InChI is InChI=1S/C11H15BrN2O2/c1-7(15)14-10-5-8(12)3-4-9(10)11(16)6-13-2/h3-5,11,13,16H,6H2,1-2H3,(H,14,15). The molecule has 1 rings (SSSR count). The van der Waals surface area contributed by atoms with Crippen molar-refractivity contribution in [1.29, 1.82) is 0 Å². The molecule has 88 valence electrons. The van der Waals surface area contributed by atoms with Crippen LogP contribution in [-0.2, 0) is 4.79 Å². The lowest BCUT2D eigenvalue weighted by Crippen LogP contribution is -2.18. The number of hydrogen-bond donors (Lipinski definition) is 3. The van der Waals surface area contributed by atoms with Crippen molar-refractivity contribution in [2.24, 2.45) is 0 Å². The fraction of sp³-hybridized carbons (Fsp3) is 0.364. The minimum absolute atomic E-state index is 0.156. The van der Waals surface area contributed by atoms with Crippen LogP contribution in [0.25, 0.3) is 0 Å². The molecule has 0 saturated heterocycles. The minimum atomic E-state index is -0.639. The Hall–Kier alpha value is -0.910. The number of anilines is 1. The van der Waals surface area contributed by atoms with Gasteiger partial charge in [0.15, 0.2) is 0 Å². The van der Waals surface area contributed by atoms with Gasteiger partial charge < -0.3 is 15.7 Å². The lowest BCUT2D eigenvalue weighted by Gasteiger charge is -2.15. The zero-order valence-electron chi connectivity index (χ0n) is 9.25. The van der Waals surface area contributed by atoms with Crippen LogP contribution in [-0.4, -0.2) is 24.6 Å². The largest absolute Gasteiger partial charge is 0.387 e. The van der Waals surface area contributed by atoms with Gasteiger partial charge in [-0.3, -0.25) is 4.79 Å². The van der Waals surface area contributed by atoms with Crippen molar-refractivity contribution in [1.82, 2.24) is 5.32 Å². The summed E-state index contributed by atoms with van der Waals surface area (Å²) in [5.74, 6) is -0.156. The number of carbonyl (C=O) groups excluding carboxylic acids is 1. The highest BCUT2D eigenvalue weighted by Crippen LogP contribution is 2.26. The molecule has 0 aliphatic carbocycles. The van der Waals surface area contributed by atoms with E-state index in [0.29, 0.717) is 17.8 Å². The molecule has 0 aliphatic rings. The molecule has 4 nitrogen and oxygen atoms in total. The van der Waals surface area contributed by atoms with E-state index in [-0.39, 0.29) is 5.91 Å². The molecule has 0 saturated carbocycles. The summed E-state index contributed by atoms with van der Waals surface area (Å²) in [5, 5.41) is 15.5. The zero-order valence-corrected chi connectivity index (χ0v) is 10.8. The molecule has 16 heavy (non-hydrogen) atoms. The second-order valence-electron chi connectivity index (χ2n) is 3.49. The van der Waals surface area contributed by atoms with Crippen LogP contribution < -0.4 is 10.6 Å². The lowest BCUT2D eigenvalue weighted by molar-refractivity contribution is -0.114. The maximum Gasteiger partial charge on any atom is 0.221 e. The fourth-order valence-corrected chi connectivity index (χ4v) is 1.78. The number of amides is 1. The van der Waals surface area contributed by atoms with E-state index in [9.17, 15) is 9.90 Å². The number of benzene rings is 1. The smallest absolute Gasteiger partial charge is 0.221 e. The van der Waals surface area contributed by atoms with Crippen LogP contribution in [0.2, 0.25) is 0 Å². The van der Waals surface area contributed by atoms with E-state index < -0.39 is 6.10 Å². The Balaban J connectivity index is 3.01. The first-order valence-corrected chi connectivity index (χ1v) is 5.73. The second kappa shape index (κ2) is 5.98. The monoisotopic (exact) mass is 286 g/mol. The number of carbonyl (C=O) groups is 1. The fourth-order valence-electron chi connectivity index (χ4n) is 1.42. The Morgan fingerprint density at radius 2 is 2.25 bits per heavy atom. The summed E-state index contributed by atoms with van der Waals surface area (Å²) in [4.78, 5) is 11.0. The van der Waals surface area contributed by atoms with Crippen molar-refractivity contribution < 1.29 is 9.90 Å². The van der Waals surface area contributed by atoms with Gasteiger partial charge >= 0.3 is 0 Å². The predicted molar refractivity (Wildman–Crippen MR) is 67.3 cm³/mol. The van der Waals surface area contributed by atoms with Crippen molar-refractivity contribution in [3.63, 3.8) is 0 Å². The summed E-state index contributed by atoms with van der Waals surface area (Å²) in [6.45, 7) is 1.88. The number of nitrogens with one attached hydrogen (secondary N) is 2. The number of likely N-dealkylation sites (N-methyl/N-ethyl adjacent to an activating group) is 1. The van der Waals surface area contributed by atoms with E-state index >= 15 is 0 Å². The molecule has 0 fully saturated rings. The van der Waals surface area contributed by atoms with Crippen molar-refractivity contribution in [2.75, 3.05) is 18.9 Å². The highest BCUT2D eigenvalue weighted by atomic mass is 79.9. The Bertz CT molecular complexity index is 382. The summed E-state index contributed by atoms with van der Waals surface area (Å²) in [7, 11) is 1.76. The van der Waals surface area contributed by atoms with Crippen molar-refractivity contribution >= 4 is 27.5 Å². The maximum atomic E-state index is 11.0. The normalized spacial score (nSPS) is 12.2. The summed E-state index contributed by atoms with van der Waals surface area (Å²) in [6, 6.07) is 5.40. The molecule has 1 atom stereocenters. The summed E-state index contributed by atoms with van der Waals surface area (Å²) >= 11 is 3.33. The van der Waals surface area contributed by atoms with E-state index in [1.807, 2.05) is 6.07 Å². The predicted octanol–water partition coefficient (Wildman–Crippen LogP) is 1.66. The summed E-state index contributed by atoms with van der Waals surface area (Å²) in [6.07, 6.45) is -0.639. The van der Waals surface area contributed by atoms with E-state index in [4.69, 9.17) is 0 Å². The van der Waals surface area contributed by atoms with Crippen molar-refractivity contribution in [2.45, 2.75) is 13.0 Å². The summed E-state index contributed by atoms with van der Waals surface area (Å²) in [5.41, 5.74) is 1.33. The van der Waals surface area contributed by atoms with Gasteiger partial charge in [-0.25, -0.2) is 0 Å². The second-order valence-corrected chi connectivity index (χ2v) is 4.40. The molecule has 3 N–H and O–H groups in total. The third kappa shape index (κ3) is 3.59. The van der Waals surface area contributed by atoms with Crippen LogP contribution in [0.15, 0.2) is 22.7 Å². The average molecular weight is 287 g/mol. The molecule has 0 aromatic heterocycles. The molecule has 0 heterocycles. The molecule has 1 aromatic rings. The Kier molecular flexibility index (Phi) is 4.92. The van der Waals surface area contributed by atoms with Gasteiger partial charge in [0, 0.05) is 29.2 Å². The molecule has 0 radical (unpaired) electrons. The van der Waals surface area contributed by atoms with Crippen LogP contribution in [0.1, 0.15) is 18.6 Å². The average Bonchev–Trinajstić information content (AvgIpc) is 2.16. The molecule has 5 heteroatoms. The van der Waals surface area contributed by atoms with Crippen LogP contribution in [0.5, 0.6) is 0 Å². The van der Waals surface area contributed by atoms with Crippen LogP contribution in [0.3, 0.4) is 0 Å². The van der Waals surface area contributed by atoms with E-state index in [1.165, 1.54) is 6.92 Å². The van der Waals surface area contributed by atoms with Crippen molar-refractivity contribution in [3.05, 3.63) is 28.2 Å². The van der Waals surface area contributed by atoms with Gasteiger partial charge in [0.1, 0.15) is 0 Å². The van der Waals surface area contributed by atoms with Crippen LogP contribution >= 0.6 is 15.9 Å². The van der Waals surface area contributed by atoms with Gasteiger partial charge in [0.25, 0.3) is 0 Å². The first-order valence-electron chi connectivity index (χ1n) is 4.94. The van der Waals surface area contributed by atoms with Gasteiger partial charge in [0.05, 0.1) is 6.10 Å². The lowest BCUT2D eigenvalue weighted by atomic mass is 10.1. The molecule has 1 aromatic carbocycles. The Morgan fingerprint density at radius 3 is 2.81 bits per heavy atom. The van der Waals surface area contributed by atoms with E-state index in [1.54, 1.807) is 19.2 Å². The van der Waals surface area contributed by atoms with Gasteiger partial charge in [-0.15, -0.1) is 0 Å². The third-order valence-electron chi connectivity index (χ3n) is 2.08. The number of hydrogen-bond acceptors (Lipinski definition) is 3. The van der Waals surface area contributed by atoms with E-state index in [0.717, 1.165) is 4.47 Å². The third-order valence-corrected chi connectivity index (χ3v) is 2.58. The van der Waals surface area contributed by atoms with Crippen LogP contribution in [0, 0.1) is 0 Å². The minimum Gasteiger partial charge on any atom is -0.387 e. The molecular formula is C11H15BrN2O2. The Morgan fingerprint density at radius 1 is 1.56 bits per heavy atom. The SMILES string of the molecule is CNCC(O)c1ccc(Br)cc1NC(C)=O. The maximum absolute atomic E-state index is 11.0. The number of halogens is 1. The highest BCUT2D eigenvalue weighted by molar-refractivity contribution is 9.10. The molecule has 0 bridgehead atoms. The topological polar surface area (TPSA) is 61.4 Å². The summed E-state index contributed by atoms with van der Waals surface area (Å²) < 4.78 is 0.858. The molecule has 1 unspecified atom stereocenters. The van der Waals surface area contributed by atoms with Crippen LogP contribution in [0.4, 0.5) is 5.69 Å². The van der Waals surface area contributed by atoms with E-state index in [2.05, 4.69) is 26.6 Å². The molecule has 0 aliphatic heterocycles. The van der Waals surface area contributed by atoms with Gasteiger partial charge in [0.2, 0.25) is 5.91 Å². The number of aliphatic hydroxyl groups is 1. The van der Waals surface area contributed by atoms with Gasteiger partial charge in [-0.05, 0) is 19.2 Å². The first kappa shape index (κ1) is 13.2. The number of aliphatic hydroxyl groups excluding tert-OH is 1. The molecule has 0 spiro atoms. The quantitative estimate of drug-likeness (QED) is 0.789. The van der Waals surface area contributed by atoms with Gasteiger partial charge in [-0.1, -0.05) is 22.0 Å². The highest BCUT2D eigenvalue weighted by Gasteiger charge is 2.12. The molecular weight excluding hydrogens is 272 g/mol. The molecule has 1 amide bonds. The van der Waals surface area contributed by atoms with Gasteiger partial charge in [-0.2, -0.15) is 0 Å². The van der Waals surface area contributed by atoms with Crippen molar-refractivity contribution in [3.8, 4) is 0 Å². The zero-order chi connectivity index (χ0) is 12.1. The number of rotatable bonds is 4. The first-order chi connectivity index (χ1) is 7.54. The Labute approximate surface area is 103 Å².